The Bertz CT molecular complexity index is 386. The summed E-state index contributed by atoms with van der Waals surface area (Å²) in [5.74, 6) is 0.981. The summed E-state index contributed by atoms with van der Waals surface area (Å²) in [6, 6.07) is 10.9. The fraction of sp³-hybridized carbons (Fsp3) is 0.625. The van der Waals surface area contributed by atoms with Gasteiger partial charge in [0.05, 0.1) is 6.61 Å². The summed E-state index contributed by atoms with van der Waals surface area (Å²) in [5, 5.41) is 3.36. The van der Waals surface area contributed by atoms with Gasteiger partial charge in [-0.1, -0.05) is 18.2 Å². The van der Waals surface area contributed by atoms with Crippen LogP contribution < -0.4 is 10.1 Å². The normalized spacial score (nSPS) is 21.6. The Morgan fingerprint density at radius 2 is 1.80 bits per heavy atom. The minimum atomic E-state index is 0.804. The molecule has 110 valence electrons. The minimum Gasteiger partial charge on any atom is -0.494 e. The predicted molar refractivity (Wildman–Crippen MR) is 81.2 cm³/mol. The summed E-state index contributed by atoms with van der Waals surface area (Å²) in [5.41, 5.74) is 0. The molecule has 2 aliphatic heterocycles. The number of ether oxygens (including phenoxy) is 1. The van der Waals surface area contributed by atoms with E-state index in [2.05, 4.69) is 15.1 Å². The lowest BCUT2D eigenvalue weighted by Crippen LogP contribution is -2.61. The van der Waals surface area contributed by atoms with Gasteiger partial charge >= 0.3 is 0 Å². The topological polar surface area (TPSA) is 27.7 Å². The molecule has 2 fully saturated rings. The molecular formula is C16H25N3O. The third-order valence-corrected chi connectivity index (χ3v) is 4.31. The molecule has 4 heteroatoms. The van der Waals surface area contributed by atoms with Crippen LogP contribution in [0.4, 0.5) is 0 Å². The SMILES string of the molecule is c1ccc(OCCCN2CCN(C3CNC3)CC2)cc1. The fourth-order valence-corrected chi connectivity index (χ4v) is 2.88. The van der Waals surface area contributed by atoms with Gasteiger partial charge in [-0.3, -0.25) is 4.90 Å². The lowest BCUT2D eigenvalue weighted by atomic mass is 10.1. The zero-order chi connectivity index (χ0) is 13.6. The van der Waals surface area contributed by atoms with Crippen molar-refractivity contribution in [1.29, 1.82) is 0 Å². The van der Waals surface area contributed by atoms with Crippen LogP contribution in [0.5, 0.6) is 5.75 Å². The number of nitrogens with one attached hydrogen (secondary N) is 1. The molecule has 0 amide bonds. The highest BCUT2D eigenvalue weighted by molar-refractivity contribution is 5.20. The van der Waals surface area contributed by atoms with E-state index in [1.54, 1.807) is 0 Å². The van der Waals surface area contributed by atoms with Crippen molar-refractivity contribution in [3.8, 4) is 5.75 Å². The van der Waals surface area contributed by atoms with Crippen molar-refractivity contribution in [1.82, 2.24) is 15.1 Å². The van der Waals surface area contributed by atoms with E-state index in [-0.39, 0.29) is 0 Å². The summed E-state index contributed by atoms with van der Waals surface area (Å²) in [4.78, 5) is 5.20. The van der Waals surface area contributed by atoms with E-state index in [1.165, 1.54) is 39.3 Å². The first-order valence-corrected chi connectivity index (χ1v) is 7.77. The van der Waals surface area contributed by atoms with Crippen molar-refractivity contribution in [2.75, 3.05) is 52.4 Å². The molecule has 0 saturated carbocycles. The van der Waals surface area contributed by atoms with Crippen molar-refractivity contribution >= 4 is 0 Å². The molecule has 1 aromatic carbocycles. The van der Waals surface area contributed by atoms with Crippen molar-refractivity contribution < 1.29 is 4.74 Å². The highest BCUT2D eigenvalue weighted by Gasteiger charge is 2.27. The van der Waals surface area contributed by atoms with Crippen LogP contribution in [0.3, 0.4) is 0 Å². The smallest absolute Gasteiger partial charge is 0.119 e. The summed E-state index contributed by atoms with van der Waals surface area (Å²) >= 11 is 0. The summed E-state index contributed by atoms with van der Waals surface area (Å²) < 4.78 is 5.74. The van der Waals surface area contributed by atoms with Crippen molar-refractivity contribution in [3.05, 3.63) is 30.3 Å². The molecule has 0 bridgehead atoms. The van der Waals surface area contributed by atoms with E-state index in [0.717, 1.165) is 31.4 Å². The Morgan fingerprint density at radius 3 is 2.45 bits per heavy atom. The van der Waals surface area contributed by atoms with Crippen LogP contribution in [0.1, 0.15) is 6.42 Å². The van der Waals surface area contributed by atoms with Crippen LogP contribution >= 0.6 is 0 Å². The first kappa shape index (κ1) is 13.9. The Kier molecular flexibility index (Phi) is 4.90. The number of hydrogen-bond donors (Lipinski definition) is 1. The van der Waals surface area contributed by atoms with Gasteiger partial charge in [0, 0.05) is 51.9 Å². The third kappa shape index (κ3) is 3.72. The van der Waals surface area contributed by atoms with Gasteiger partial charge in [-0.05, 0) is 18.6 Å². The van der Waals surface area contributed by atoms with E-state index >= 15 is 0 Å². The molecule has 0 atom stereocenters. The average Bonchev–Trinajstić information content (AvgIpc) is 2.45. The molecule has 4 nitrogen and oxygen atoms in total. The summed E-state index contributed by atoms with van der Waals surface area (Å²) in [7, 11) is 0. The standard InChI is InChI=1S/C16H25N3O/c1-2-5-16(6-3-1)20-12-4-7-18-8-10-19(11-9-18)15-13-17-14-15/h1-3,5-6,15,17H,4,7-14H2. The zero-order valence-electron chi connectivity index (χ0n) is 12.1. The zero-order valence-corrected chi connectivity index (χ0v) is 12.1. The second-order valence-corrected chi connectivity index (χ2v) is 5.70. The Labute approximate surface area is 121 Å². The van der Waals surface area contributed by atoms with E-state index in [9.17, 15) is 0 Å². The summed E-state index contributed by atoms with van der Waals surface area (Å²) in [6.07, 6.45) is 1.11. The van der Waals surface area contributed by atoms with E-state index in [0.29, 0.717) is 0 Å². The number of nitrogens with zero attached hydrogens (tertiary/aromatic N) is 2. The Balaban J connectivity index is 1.28. The number of rotatable bonds is 6. The van der Waals surface area contributed by atoms with Crippen molar-refractivity contribution in [2.45, 2.75) is 12.5 Å². The number of piperazine rings is 1. The molecule has 0 aliphatic carbocycles. The van der Waals surface area contributed by atoms with Gasteiger partial charge in [-0.15, -0.1) is 0 Å². The average molecular weight is 275 g/mol. The lowest BCUT2D eigenvalue weighted by molar-refractivity contribution is 0.0704. The van der Waals surface area contributed by atoms with E-state index in [4.69, 9.17) is 4.74 Å². The summed E-state index contributed by atoms with van der Waals surface area (Å²) in [6.45, 7) is 9.22. The number of hydrogen-bond acceptors (Lipinski definition) is 4. The number of benzene rings is 1. The van der Waals surface area contributed by atoms with Crippen LogP contribution in [-0.2, 0) is 0 Å². The van der Waals surface area contributed by atoms with Crippen molar-refractivity contribution in [2.24, 2.45) is 0 Å². The molecule has 1 aromatic rings. The molecule has 0 aromatic heterocycles. The first-order valence-electron chi connectivity index (χ1n) is 7.77. The van der Waals surface area contributed by atoms with E-state index < -0.39 is 0 Å². The second kappa shape index (κ2) is 7.07. The minimum absolute atomic E-state index is 0.804. The molecule has 0 radical (unpaired) electrons. The molecular weight excluding hydrogens is 250 g/mol. The molecule has 0 spiro atoms. The Hall–Kier alpha value is -1.10. The highest BCUT2D eigenvalue weighted by Crippen LogP contribution is 2.11. The van der Waals surface area contributed by atoms with Crippen molar-refractivity contribution in [3.63, 3.8) is 0 Å². The lowest BCUT2D eigenvalue weighted by Gasteiger charge is -2.43. The van der Waals surface area contributed by atoms with Gasteiger partial charge in [0.1, 0.15) is 5.75 Å². The van der Waals surface area contributed by atoms with Gasteiger partial charge in [-0.2, -0.15) is 0 Å². The second-order valence-electron chi connectivity index (χ2n) is 5.70. The van der Waals surface area contributed by atoms with Gasteiger partial charge in [0.25, 0.3) is 0 Å². The van der Waals surface area contributed by atoms with Crippen LogP contribution in [0.15, 0.2) is 30.3 Å². The maximum Gasteiger partial charge on any atom is 0.119 e. The molecule has 1 N–H and O–H groups in total. The monoisotopic (exact) mass is 275 g/mol. The molecule has 0 unspecified atom stereocenters. The maximum absolute atomic E-state index is 5.74. The largest absolute Gasteiger partial charge is 0.494 e. The molecule has 2 heterocycles. The first-order chi connectivity index (χ1) is 9.92. The van der Waals surface area contributed by atoms with E-state index in [1.807, 2.05) is 30.3 Å². The molecule has 3 rings (SSSR count). The maximum atomic E-state index is 5.74. The fourth-order valence-electron chi connectivity index (χ4n) is 2.88. The van der Waals surface area contributed by atoms with Crippen LogP contribution in [0.25, 0.3) is 0 Å². The van der Waals surface area contributed by atoms with Crippen LogP contribution in [0.2, 0.25) is 0 Å². The Morgan fingerprint density at radius 1 is 1.05 bits per heavy atom. The number of para-hydroxylation sites is 1. The van der Waals surface area contributed by atoms with Gasteiger partial charge in [-0.25, -0.2) is 0 Å². The quantitative estimate of drug-likeness (QED) is 0.785. The van der Waals surface area contributed by atoms with Gasteiger partial charge < -0.3 is 15.0 Å². The van der Waals surface area contributed by atoms with Crippen LogP contribution in [0, 0.1) is 0 Å². The van der Waals surface area contributed by atoms with Gasteiger partial charge in [0.2, 0.25) is 0 Å². The molecule has 20 heavy (non-hydrogen) atoms. The molecule has 2 aliphatic rings. The molecule has 2 saturated heterocycles. The van der Waals surface area contributed by atoms with Crippen LogP contribution in [-0.4, -0.2) is 68.3 Å². The highest BCUT2D eigenvalue weighted by atomic mass is 16.5. The van der Waals surface area contributed by atoms with Gasteiger partial charge in [0.15, 0.2) is 0 Å². The third-order valence-electron chi connectivity index (χ3n) is 4.31. The predicted octanol–water partition coefficient (Wildman–Crippen LogP) is 1.04.